The van der Waals surface area contributed by atoms with E-state index in [1.54, 1.807) is 11.1 Å². The highest BCUT2D eigenvalue weighted by atomic mass is 35.5. The van der Waals surface area contributed by atoms with Gasteiger partial charge in [-0.3, -0.25) is 9.38 Å². The van der Waals surface area contributed by atoms with Crippen LogP contribution in [-0.2, 0) is 6.42 Å². The Morgan fingerprint density at radius 1 is 1.13 bits per heavy atom. The molecule has 4 aromatic heterocycles. The van der Waals surface area contributed by atoms with Gasteiger partial charge in [0.15, 0.2) is 5.65 Å². The van der Waals surface area contributed by atoms with Gasteiger partial charge in [-0.1, -0.05) is 29.4 Å². The van der Waals surface area contributed by atoms with Crippen LogP contribution in [0.5, 0.6) is 0 Å². The number of rotatable bonds is 6. The predicted octanol–water partition coefficient (Wildman–Crippen LogP) is 3.53. The Morgan fingerprint density at radius 3 is 2.66 bits per heavy atom. The Hall–Kier alpha value is -2.75. The van der Waals surface area contributed by atoms with Crippen molar-refractivity contribution in [1.82, 2.24) is 24.3 Å². The first-order valence-corrected chi connectivity index (χ1v) is 13.9. The fourth-order valence-electron chi connectivity index (χ4n) is 5.76. The SMILES string of the molecule is [B]CN(C[B])c1nccc(Sc2c(C)nc(N3CCC4(CC3)Cc3ncccc3[C@H]4N)n3ccnc23)c1Cl. The molecule has 6 rings (SSSR count). The number of halogens is 1. The Kier molecular flexibility index (Phi) is 6.78. The zero-order chi connectivity index (χ0) is 26.4. The molecule has 1 saturated heterocycles. The molecule has 4 radical (unpaired) electrons. The highest BCUT2D eigenvalue weighted by molar-refractivity contribution is 7.99. The number of fused-ring (bicyclic) bond motifs is 2. The van der Waals surface area contributed by atoms with E-state index >= 15 is 0 Å². The number of hydrogen-bond acceptors (Lipinski definition) is 8. The molecule has 0 unspecified atom stereocenters. The van der Waals surface area contributed by atoms with Crippen molar-refractivity contribution in [3.05, 3.63) is 65.0 Å². The lowest BCUT2D eigenvalue weighted by Crippen LogP contribution is -2.45. The lowest BCUT2D eigenvalue weighted by Gasteiger charge is -2.42. The van der Waals surface area contributed by atoms with Gasteiger partial charge in [0.25, 0.3) is 0 Å². The van der Waals surface area contributed by atoms with E-state index < -0.39 is 0 Å². The number of aryl methyl sites for hydroxylation is 1. The van der Waals surface area contributed by atoms with Crippen molar-refractivity contribution in [1.29, 1.82) is 0 Å². The van der Waals surface area contributed by atoms with E-state index in [0.29, 0.717) is 10.8 Å². The average Bonchev–Trinajstić information content (AvgIpc) is 3.52. The normalized spacial score (nSPS) is 18.3. The molecule has 8 nitrogen and oxygen atoms in total. The summed E-state index contributed by atoms with van der Waals surface area (Å²) >= 11 is 8.26. The van der Waals surface area contributed by atoms with Gasteiger partial charge in [0, 0.05) is 54.5 Å². The molecule has 1 aliphatic heterocycles. The molecular weight excluding hydrogens is 513 g/mol. The summed E-state index contributed by atoms with van der Waals surface area (Å²) in [6.07, 6.45) is 10.7. The van der Waals surface area contributed by atoms with Crippen molar-refractivity contribution in [2.45, 2.75) is 42.0 Å². The zero-order valence-electron chi connectivity index (χ0n) is 21.2. The quantitative estimate of drug-likeness (QED) is 0.372. The topological polar surface area (TPSA) is 88.5 Å². The third-order valence-corrected chi connectivity index (χ3v) is 9.65. The van der Waals surface area contributed by atoms with Gasteiger partial charge in [0.2, 0.25) is 5.95 Å². The van der Waals surface area contributed by atoms with E-state index in [1.165, 1.54) is 17.3 Å². The molecule has 12 heteroatoms. The first kappa shape index (κ1) is 25.5. The Balaban J connectivity index is 1.27. The van der Waals surface area contributed by atoms with Crippen LogP contribution in [0.1, 0.15) is 35.8 Å². The molecule has 2 aliphatic rings. The Morgan fingerprint density at radius 2 is 1.92 bits per heavy atom. The van der Waals surface area contributed by atoms with E-state index in [1.807, 2.05) is 37.6 Å². The second kappa shape index (κ2) is 10.1. The molecule has 5 heterocycles. The fourth-order valence-corrected chi connectivity index (χ4v) is 7.07. The van der Waals surface area contributed by atoms with Crippen LogP contribution in [0.2, 0.25) is 5.02 Å². The van der Waals surface area contributed by atoms with Crippen LogP contribution in [0, 0.1) is 12.3 Å². The smallest absolute Gasteiger partial charge is 0.211 e. The number of piperidine rings is 1. The van der Waals surface area contributed by atoms with Crippen LogP contribution >= 0.6 is 23.4 Å². The predicted molar refractivity (Wildman–Crippen MR) is 154 cm³/mol. The first-order valence-electron chi connectivity index (χ1n) is 12.7. The lowest BCUT2D eigenvalue weighted by atomic mass is 9.73. The molecule has 0 bridgehead atoms. The van der Waals surface area contributed by atoms with Gasteiger partial charge in [-0.05, 0) is 62.2 Å². The average molecular weight is 541 g/mol. The van der Waals surface area contributed by atoms with E-state index in [2.05, 4.69) is 25.3 Å². The summed E-state index contributed by atoms with van der Waals surface area (Å²) in [6, 6.07) is 6.03. The number of nitrogens with two attached hydrogens (primary N) is 1. The second-order valence-electron chi connectivity index (χ2n) is 9.94. The van der Waals surface area contributed by atoms with Gasteiger partial charge in [0.05, 0.1) is 31.3 Å². The van der Waals surface area contributed by atoms with Crippen molar-refractivity contribution >= 4 is 56.5 Å². The van der Waals surface area contributed by atoms with E-state index in [9.17, 15) is 0 Å². The maximum atomic E-state index is 6.77. The molecule has 1 fully saturated rings. The van der Waals surface area contributed by atoms with Crippen molar-refractivity contribution in [2.24, 2.45) is 11.1 Å². The van der Waals surface area contributed by atoms with Crippen molar-refractivity contribution in [3.8, 4) is 0 Å². The van der Waals surface area contributed by atoms with Gasteiger partial charge >= 0.3 is 0 Å². The maximum absolute atomic E-state index is 6.77. The van der Waals surface area contributed by atoms with Crippen LogP contribution in [-0.4, -0.2) is 66.0 Å². The van der Waals surface area contributed by atoms with E-state index in [0.717, 1.165) is 65.1 Å². The summed E-state index contributed by atoms with van der Waals surface area (Å²) in [6.45, 7) is 3.77. The molecule has 1 aliphatic carbocycles. The minimum Gasteiger partial charge on any atom is -0.373 e. The summed E-state index contributed by atoms with van der Waals surface area (Å²) in [5.74, 6) is 1.46. The molecule has 0 aromatic carbocycles. The zero-order valence-corrected chi connectivity index (χ0v) is 22.8. The molecule has 4 aromatic rings. The van der Waals surface area contributed by atoms with Crippen LogP contribution in [0.3, 0.4) is 0 Å². The van der Waals surface area contributed by atoms with Gasteiger partial charge in [0.1, 0.15) is 5.82 Å². The van der Waals surface area contributed by atoms with Gasteiger partial charge < -0.3 is 15.5 Å². The third-order valence-electron chi connectivity index (χ3n) is 7.93. The standard InChI is InChI=1S/C26H27B2ClN8S/c1-16-21(38-19-4-8-32-23(20(19)29)36(14-27)15-28)24-33-9-12-37(24)25(34-16)35-10-5-26(6-11-35)13-18-17(22(26)30)3-2-7-31-18/h2-4,7-9,12,22H,5-6,10-11,13-15,30H2,1H3/t22-/m1/s1. The number of aromatic nitrogens is 5. The Bertz CT molecular complexity index is 1490. The van der Waals surface area contributed by atoms with Gasteiger partial charge in [-0.25, -0.2) is 15.0 Å². The van der Waals surface area contributed by atoms with Gasteiger partial charge in [-0.15, -0.1) is 0 Å². The fraction of sp³-hybridized carbons (Fsp3) is 0.385. The minimum absolute atomic E-state index is 0.0274. The minimum atomic E-state index is 0.0274. The first-order chi connectivity index (χ1) is 18.5. The summed E-state index contributed by atoms with van der Waals surface area (Å²) in [5.41, 5.74) is 10.9. The molecule has 1 spiro atoms. The molecule has 38 heavy (non-hydrogen) atoms. The van der Waals surface area contributed by atoms with Crippen molar-refractivity contribution in [3.63, 3.8) is 0 Å². The summed E-state index contributed by atoms with van der Waals surface area (Å²) in [4.78, 5) is 24.6. The van der Waals surface area contributed by atoms with Crippen LogP contribution < -0.4 is 15.5 Å². The van der Waals surface area contributed by atoms with Crippen molar-refractivity contribution < 1.29 is 0 Å². The van der Waals surface area contributed by atoms with Gasteiger partial charge in [-0.2, -0.15) is 0 Å². The monoisotopic (exact) mass is 540 g/mol. The van der Waals surface area contributed by atoms with E-state index in [4.69, 9.17) is 43.0 Å². The molecule has 1 atom stereocenters. The number of nitrogens with zero attached hydrogens (tertiary/aromatic N) is 7. The van der Waals surface area contributed by atoms with Crippen LogP contribution in [0.25, 0.3) is 5.65 Å². The van der Waals surface area contributed by atoms with E-state index in [-0.39, 0.29) is 24.3 Å². The maximum Gasteiger partial charge on any atom is 0.211 e. The molecular formula is C26H27B2ClN8S. The number of hydrogen-bond donors (Lipinski definition) is 1. The molecule has 190 valence electrons. The van der Waals surface area contributed by atoms with Crippen LogP contribution in [0.4, 0.5) is 11.8 Å². The number of imidazole rings is 1. The largest absolute Gasteiger partial charge is 0.373 e. The summed E-state index contributed by atoms with van der Waals surface area (Å²) in [5, 5.41) is 0.506. The highest BCUT2D eigenvalue weighted by Crippen LogP contribution is 2.50. The molecule has 2 N–H and O–H groups in total. The number of anilines is 2. The summed E-state index contributed by atoms with van der Waals surface area (Å²) in [7, 11) is 11.7. The Labute approximate surface area is 234 Å². The van der Waals surface area contributed by atoms with Crippen LogP contribution in [0.15, 0.2) is 52.8 Å². The lowest BCUT2D eigenvalue weighted by molar-refractivity contribution is 0.186. The number of pyridine rings is 2. The molecule has 0 saturated carbocycles. The summed E-state index contributed by atoms with van der Waals surface area (Å²) < 4.78 is 2.07. The third kappa shape index (κ3) is 4.15. The second-order valence-corrected chi connectivity index (χ2v) is 11.4. The highest BCUT2D eigenvalue weighted by Gasteiger charge is 2.46. The molecule has 0 amide bonds. The van der Waals surface area contributed by atoms with Crippen molar-refractivity contribution in [2.75, 3.05) is 35.8 Å².